The number of pyridine rings is 1. The highest BCUT2D eigenvalue weighted by Gasteiger charge is 2.18. The number of aromatic nitrogens is 6. The summed E-state index contributed by atoms with van der Waals surface area (Å²) in [5, 5.41) is 18.4. The molecular weight excluding hydrogens is 442 g/mol. The molecule has 1 aromatic carbocycles. The largest absolute Gasteiger partial charge is 0.464 e. The van der Waals surface area contributed by atoms with Crippen molar-refractivity contribution in [1.29, 1.82) is 0 Å². The first-order valence-electron chi connectivity index (χ1n) is 10.1. The number of hydrogen-bond donors (Lipinski definition) is 2. The van der Waals surface area contributed by atoms with Gasteiger partial charge in [-0.3, -0.25) is 4.68 Å². The number of benzene rings is 1. The molecule has 9 nitrogen and oxygen atoms in total. The number of anilines is 2. The van der Waals surface area contributed by atoms with Crippen molar-refractivity contribution in [3.05, 3.63) is 66.0 Å². The van der Waals surface area contributed by atoms with Crippen molar-refractivity contribution >= 4 is 40.1 Å². The number of carboxylic acid groups (broad SMARTS) is 1. The van der Waals surface area contributed by atoms with Crippen molar-refractivity contribution in [2.45, 2.75) is 6.92 Å². The molecule has 2 N–H and O–H groups in total. The minimum absolute atomic E-state index is 0.479. The SMILES string of the molecule is Cc1ncn(C)c1-c1ccc(Nc2cc3c(cn2)cc(-c2cnn(C)c2)n3C(=O)O)c(Cl)c1. The second-order valence-electron chi connectivity index (χ2n) is 7.79. The fourth-order valence-corrected chi connectivity index (χ4v) is 4.23. The number of rotatable bonds is 4. The van der Waals surface area contributed by atoms with Gasteiger partial charge in [0.2, 0.25) is 0 Å². The highest BCUT2D eigenvalue weighted by Crippen LogP contribution is 2.33. The Bertz CT molecular complexity index is 1510. The minimum Gasteiger partial charge on any atom is -0.464 e. The van der Waals surface area contributed by atoms with Crippen LogP contribution in [0.1, 0.15) is 5.69 Å². The van der Waals surface area contributed by atoms with Gasteiger partial charge in [0.05, 0.1) is 45.8 Å². The van der Waals surface area contributed by atoms with E-state index in [1.165, 1.54) is 4.57 Å². The third-order valence-electron chi connectivity index (χ3n) is 5.50. The van der Waals surface area contributed by atoms with Gasteiger partial charge in [-0.25, -0.2) is 19.3 Å². The molecule has 0 spiro atoms. The van der Waals surface area contributed by atoms with Crippen LogP contribution in [0.15, 0.2) is 55.2 Å². The normalized spacial score (nSPS) is 11.3. The molecule has 0 aliphatic carbocycles. The number of imidazole rings is 1. The van der Waals surface area contributed by atoms with Crippen LogP contribution in [0.2, 0.25) is 5.02 Å². The third-order valence-corrected chi connectivity index (χ3v) is 5.82. The molecular formula is C23H20ClN7O2. The predicted molar refractivity (Wildman–Crippen MR) is 127 cm³/mol. The van der Waals surface area contributed by atoms with E-state index in [9.17, 15) is 9.90 Å². The molecule has 4 heterocycles. The summed E-state index contributed by atoms with van der Waals surface area (Å²) in [6, 6.07) is 9.17. The summed E-state index contributed by atoms with van der Waals surface area (Å²) in [5.74, 6) is 0.479. The lowest BCUT2D eigenvalue weighted by Gasteiger charge is -2.11. The Labute approximate surface area is 193 Å². The van der Waals surface area contributed by atoms with Gasteiger partial charge in [0.25, 0.3) is 0 Å². The molecule has 4 aromatic heterocycles. The van der Waals surface area contributed by atoms with Gasteiger partial charge in [0.1, 0.15) is 5.82 Å². The second kappa shape index (κ2) is 7.79. The van der Waals surface area contributed by atoms with Gasteiger partial charge in [-0.05, 0) is 25.1 Å². The number of halogens is 1. The average Bonchev–Trinajstić information content (AvgIpc) is 3.46. The first kappa shape index (κ1) is 20.8. The molecule has 0 bridgehead atoms. The van der Waals surface area contributed by atoms with E-state index >= 15 is 0 Å². The summed E-state index contributed by atoms with van der Waals surface area (Å²) in [7, 11) is 3.72. The van der Waals surface area contributed by atoms with E-state index in [1.807, 2.05) is 36.7 Å². The van der Waals surface area contributed by atoms with E-state index in [2.05, 4.69) is 20.4 Å². The first-order chi connectivity index (χ1) is 15.8. The van der Waals surface area contributed by atoms with E-state index < -0.39 is 6.09 Å². The zero-order valence-electron chi connectivity index (χ0n) is 18.1. The maximum atomic E-state index is 12.1. The lowest BCUT2D eigenvalue weighted by molar-refractivity contribution is 0.198. The molecule has 166 valence electrons. The average molecular weight is 462 g/mol. The molecule has 0 unspecified atom stereocenters. The predicted octanol–water partition coefficient (Wildman–Crippen LogP) is 5.07. The summed E-state index contributed by atoms with van der Waals surface area (Å²) >= 11 is 6.56. The van der Waals surface area contributed by atoms with E-state index in [0.29, 0.717) is 38.7 Å². The molecule has 10 heteroatoms. The Hall–Kier alpha value is -4.11. The van der Waals surface area contributed by atoms with Crippen molar-refractivity contribution in [2.75, 3.05) is 5.32 Å². The topological polar surface area (TPSA) is 103 Å². The van der Waals surface area contributed by atoms with Crippen molar-refractivity contribution in [3.8, 4) is 22.5 Å². The Morgan fingerprint density at radius 1 is 1.09 bits per heavy atom. The Morgan fingerprint density at radius 2 is 1.91 bits per heavy atom. The zero-order chi connectivity index (χ0) is 23.3. The number of carbonyl (C=O) groups is 1. The quantitative estimate of drug-likeness (QED) is 0.387. The molecule has 0 atom stereocenters. The summed E-state index contributed by atoms with van der Waals surface area (Å²) in [6.07, 6.45) is 5.71. The van der Waals surface area contributed by atoms with E-state index in [-0.39, 0.29) is 0 Å². The van der Waals surface area contributed by atoms with Gasteiger partial charge in [-0.2, -0.15) is 5.10 Å². The minimum atomic E-state index is -1.09. The Morgan fingerprint density at radius 3 is 2.55 bits per heavy atom. The molecule has 0 saturated heterocycles. The number of nitrogens with one attached hydrogen (secondary N) is 1. The second-order valence-corrected chi connectivity index (χ2v) is 8.19. The van der Waals surface area contributed by atoms with Gasteiger partial charge in [0, 0.05) is 49.1 Å². The van der Waals surface area contributed by atoms with E-state index in [0.717, 1.165) is 17.0 Å². The van der Waals surface area contributed by atoms with E-state index in [1.54, 1.807) is 48.8 Å². The molecule has 5 rings (SSSR count). The molecule has 0 saturated carbocycles. The van der Waals surface area contributed by atoms with Crippen molar-refractivity contribution in [2.24, 2.45) is 14.1 Å². The molecule has 33 heavy (non-hydrogen) atoms. The maximum absolute atomic E-state index is 12.1. The van der Waals surface area contributed by atoms with Crippen LogP contribution >= 0.6 is 11.6 Å². The summed E-state index contributed by atoms with van der Waals surface area (Å²) in [4.78, 5) is 20.8. The highest BCUT2D eigenvalue weighted by molar-refractivity contribution is 6.33. The number of nitrogens with zero attached hydrogens (tertiary/aromatic N) is 6. The highest BCUT2D eigenvalue weighted by atomic mass is 35.5. The molecule has 0 radical (unpaired) electrons. The standard InChI is InChI=1S/C23H20ClN7O2/c1-13-22(29(2)12-26-13)14-4-5-18(17(24)6-14)28-21-8-20-15(9-25-21)7-19(31(20)23(32)33)16-10-27-30(3)11-16/h4-12H,1-3H3,(H,25,28)(H,32,33). The molecule has 0 aliphatic heterocycles. The molecule has 0 aliphatic rings. The lowest BCUT2D eigenvalue weighted by atomic mass is 10.1. The van der Waals surface area contributed by atoms with Crippen LogP contribution in [-0.4, -0.2) is 40.1 Å². The molecule has 0 fully saturated rings. The molecule has 0 amide bonds. The van der Waals surface area contributed by atoms with Crippen molar-refractivity contribution in [1.82, 2.24) is 28.9 Å². The Kier molecular flexibility index (Phi) is 4.90. The van der Waals surface area contributed by atoms with Gasteiger partial charge in [-0.15, -0.1) is 0 Å². The number of fused-ring (bicyclic) bond motifs is 1. The fourth-order valence-electron chi connectivity index (χ4n) is 4.00. The fraction of sp³-hybridized carbons (Fsp3) is 0.130. The summed E-state index contributed by atoms with van der Waals surface area (Å²) in [6.45, 7) is 1.95. The maximum Gasteiger partial charge on any atom is 0.416 e. The van der Waals surface area contributed by atoms with Crippen LogP contribution in [0, 0.1) is 6.92 Å². The van der Waals surface area contributed by atoms with Gasteiger partial charge in [0.15, 0.2) is 0 Å². The summed E-state index contributed by atoms with van der Waals surface area (Å²) in [5.41, 5.74) is 5.26. The van der Waals surface area contributed by atoms with Crippen LogP contribution in [0.25, 0.3) is 33.4 Å². The van der Waals surface area contributed by atoms with Crippen molar-refractivity contribution in [3.63, 3.8) is 0 Å². The van der Waals surface area contributed by atoms with E-state index in [4.69, 9.17) is 11.6 Å². The number of aryl methyl sites for hydroxylation is 3. The van der Waals surface area contributed by atoms with Crippen LogP contribution < -0.4 is 5.32 Å². The van der Waals surface area contributed by atoms with Crippen LogP contribution in [-0.2, 0) is 14.1 Å². The van der Waals surface area contributed by atoms with Crippen LogP contribution in [0.5, 0.6) is 0 Å². The monoisotopic (exact) mass is 461 g/mol. The zero-order valence-corrected chi connectivity index (χ0v) is 18.9. The Balaban J connectivity index is 1.52. The van der Waals surface area contributed by atoms with Gasteiger partial charge in [-0.1, -0.05) is 17.7 Å². The summed E-state index contributed by atoms with van der Waals surface area (Å²) < 4.78 is 4.81. The number of hydrogen-bond acceptors (Lipinski definition) is 5. The lowest BCUT2D eigenvalue weighted by Crippen LogP contribution is -2.09. The first-order valence-corrected chi connectivity index (χ1v) is 10.5. The van der Waals surface area contributed by atoms with Crippen LogP contribution in [0.3, 0.4) is 0 Å². The van der Waals surface area contributed by atoms with Crippen molar-refractivity contribution < 1.29 is 9.90 Å². The smallest absolute Gasteiger partial charge is 0.416 e. The van der Waals surface area contributed by atoms with Crippen LogP contribution in [0.4, 0.5) is 16.3 Å². The molecule has 5 aromatic rings. The van der Waals surface area contributed by atoms with Gasteiger partial charge >= 0.3 is 6.09 Å². The third kappa shape index (κ3) is 3.62. The van der Waals surface area contributed by atoms with Gasteiger partial charge < -0.3 is 15.0 Å².